The summed E-state index contributed by atoms with van der Waals surface area (Å²) in [7, 11) is 1.64. The first-order valence-electron chi connectivity index (χ1n) is 11.7. The van der Waals surface area contributed by atoms with Crippen molar-refractivity contribution in [2.45, 2.75) is 56.8 Å². The van der Waals surface area contributed by atoms with E-state index in [9.17, 15) is 4.79 Å². The first kappa shape index (κ1) is 24.9. The van der Waals surface area contributed by atoms with Crippen molar-refractivity contribution in [1.29, 1.82) is 0 Å². The number of ether oxygens (including phenoxy) is 2. The molecule has 3 N–H and O–H groups in total. The van der Waals surface area contributed by atoms with Gasteiger partial charge in [-0.2, -0.15) is 0 Å². The molecule has 1 aliphatic carbocycles. The molecule has 8 nitrogen and oxygen atoms in total. The quantitative estimate of drug-likeness (QED) is 0.320. The van der Waals surface area contributed by atoms with Gasteiger partial charge in [-0.15, -0.1) is 10.2 Å². The van der Waals surface area contributed by atoms with Crippen LogP contribution in [0, 0.1) is 5.92 Å². The molecule has 1 atom stereocenters. The van der Waals surface area contributed by atoms with Gasteiger partial charge in [0.15, 0.2) is 5.82 Å². The number of nitrogens with two attached hydrogens (primary N) is 1. The number of hydrogen-bond acceptors (Lipinski definition) is 7. The van der Waals surface area contributed by atoms with Gasteiger partial charge >= 0.3 is 0 Å². The molecule has 0 saturated heterocycles. The van der Waals surface area contributed by atoms with Crippen molar-refractivity contribution >= 4 is 17.7 Å². The van der Waals surface area contributed by atoms with E-state index in [0.717, 1.165) is 29.9 Å². The molecule has 35 heavy (non-hydrogen) atoms. The van der Waals surface area contributed by atoms with E-state index in [4.69, 9.17) is 15.3 Å². The average molecular weight is 496 g/mol. The lowest BCUT2D eigenvalue weighted by molar-refractivity contribution is -0.119. The summed E-state index contributed by atoms with van der Waals surface area (Å²) in [6.45, 7) is 6.70. The van der Waals surface area contributed by atoms with Crippen LogP contribution in [0.3, 0.4) is 0 Å². The predicted molar refractivity (Wildman–Crippen MR) is 137 cm³/mol. The highest BCUT2D eigenvalue weighted by molar-refractivity contribution is 7.99. The molecule has 3 aromatic rings. The van der Waals surface area contributed by atoms with Crippen molar-refractivity contribution in [2.24, 2.45) is 5.92 Å². The minimum atomic E-state index is -0.0672. The number of carbonyl (C=O) groups is 1. The van der Waals surface area contributed by atoms with Crippen LogP contribution < -0.4 is 20.6 Å². The van der Waals surface area contributed by atoms with E-state index < -0.39 is 0 Å². The zero-order chi connectivity index (χ0) is 25.0. The zero-order valence-electron chi connectivity index (χ0n) is 20.7. The van der Waals surface area contributed by atoms with Crippen LogP contribution in [0.4, 0.5) is 0 Å². The summed E-state index contributed by atoms with van der Waals surface area (Å²) in [6, 6.07) is 15.9. The molecule has 2 aromatic carbocycles. The van der Waals surface area contributed by atoms with Crippen molar-refractivity contribution < 1.29 is 14.3 Å². The predicted octanol–water partition coefficient (Wildman–Crippen LogP) is 4.24. The molecule has 0 spiro atoms. The van der Waals surface area contributed by atoms with Crippen molar-refractivity contribution in [3.63, 3.8) is 0 Å². The number of hydrogen-bond donors (Lipinski definition) is 2. The van der Waals surface area contributed by atoms with E-state index in [0.29, 0.717) is 16.9 Å². The van der Waals surface area contributed by atoms with Crippen LogP contribution in [0.2, 0.25) is 0 Å². The number of thioether (sulfide) groups is 1. The smallest absolute Gasteiger partial charge is 0.230 e. The molecular formula is C26H33N5O3S. The summed E-state index contributed by atoms with van der Waals surface area (Å²) in [5, 5.41) is 11.9. The Bertz CT molecular complexity index is 1140. The third-order valence-corrected chi connectivity index (χ3v) is 6.98. The Morgan fingerprint density at radius 1 is 1.11 bits per heavy atom. The lowest BCUT2D eigenvalue weighted by Crippen LogP contribution is -2.31. The summed E-state index contributed by atoms with van der Waals surface area (Å²) >= 11 is 1.25. The van der Waals surface area contributed by atoms with Crippen LogP contribution in [0.25, 0.3) is 0 Å². The number of nitrogens with one attached hydrogen (secondary N) is 1. The molecule has 1 heterocycles. The van der Waals surface area contributed by atoms with Gasteiger partial charge in [-0.3, -0.25) is 4.79 Å². The Kier molecular flexibility index (Phi) is 7.54. The van der Waals surface area contributed by atoms with E-state index in [1.54, 1.807) is 7.11 Å². The summed E-state index contributed by atoms with van der Waals surface area (Å²) in [5.41, 5.74) is 2.41. The second kappa shape index (κ2) is 10.6. The molecule has 1 amide bonds. The van der Waals surface area contributed by atoms with Crippen LogP contribution in [-0.4, -0.2) is 33.6 Å². The molecule has 0 bridgehead atoms. The van der Waals surface area contributed by atoms with Crippen LogP contribution >= 0.6 is 11.8 Å². The highest BCUT2D eigenvalue weighted by Crippen LogP contribution is 2.41. The minimum Gasteiger partial charge on any atom is -0.497 e. The van der Waals surface area contributed by atoms with Crippen LogP contribution in [0.5, 0.6) is 11.5 Å². The van der Waals surface area contributed by atoms with Crippen molar-refractivity contribution in [3.05, 3.63) is 65.5 Å². The SMILES string of the molecule is COc1ccc(C(NC(=O)CSc2nnc(COc3ccc(C(C)(C)C)cc3)n2N)C2CC2)cc1. The molecule has 1 fully saturated rings. The molecule has 4 rings (SSSR count). The highest BCUT2D eigenvalue weighted by Gasteiger charge is 2.33. The fraction of sp³-hybridized carbons (Fsp3) is 0.423. The molecule has 186 valence electrons. The number of aromatic nitrogens is 3. The first-order chi connectivity index (χ1) is 16.7. The number of nitrogen functional groups attached to an aromatic ring is 1. The van der Waals surface area contributed by atoms with Crippen LogP contribution in [0.15, 0.2) is 53.7 Å². The Hall–Kier alpha value is -3.20. The maximum absolute atomic E-state index is 12.7. The molecule has 1 aliphatic rings. The average Bonchev–Trinajstić information content (AvgIpc) is 3.63. The van der Waals surface area contributed by atoms with Gasteiger partial charge in [0, 0.05) is 0 Å². The van der Waals surface area contributed by atoms with E-state index >= 15 is 0 Å². The van der Waals surface area contributed by atoms with Crippen molar-refractivity contribution in [1.82, 2.24) is 20.2 Å². The van der Waals surface area contributed by atoms with E-state index in [-0.39, 0.29) is 29.7 Å². The van der Waals surface area contributed by atoms with Gasteiger partial charge in [-0.05, 0) is 59.6 Å². The number of rotatable bonds is 10. The molecule has 1 aromatic heterocycles. The van der Waals surface area contributed by atoms with Crippen LogP contribution in [-0.2, 0) is 16.8 Å². The summed E-state index contributed by atoms with van der Waals surface area (Å²) in [5.74, 6) is 8.78. The zero-order valence-corrected chi connectivity index (χ0v) is 21.5. The summed E-state index contributed by atoms with van der Waals surface area (Å²) in [6.07, 6.45) is 2.23. The lowest BCUT2D eigenvalue weighted by atomic mass is 9.87. The van der Waals surface area contributed by atoms with E-state index in [1.165, 1.54) is 22.0 Å². The number of nitrogens with zero attached hydrogens (tertiary/aromatic N) is 3. The Balaban J connectivity index is 1.29. The second-order valence-electron chi connectivity index (χ2n) is 9.78. The minimum absolute atomic E-state index is 0.00150. The molecule has 1 saturated carbocycles. The second-order valence-corrected chi connectivity index (χ2v) is 10.7. The van der Waals surface area contributed by atoms with Crippen molar-refractivity contribution in [2.75, 3.05) is 18.7 Å². The van der Waals surface area contributed by atoms with Gasteiger partial charge in [0.2, 0.25) is 11.1 Å². The maximum Gasteiger partial charge on any atom is 0.230 e. The number of carbonyl (C=O) groups excluding carboxylic acids is 1. The molecule has 9 heteroatoms. The topological polar surface area (TPSA) is 104 Å². The fourth-order valence-corrected chi connectivity index (χ4v) is 4.45. The van der Waals surface area contributed by atoms with Crippen molar-refractivity contribution in [3.8, 4) is 11.5 Å². The third-order valence-electron chi connectivity index (χ3n) is 6.04. The van der Waals surface area contributed by atoms with Gasteiger partial charge in [0.25, 0.3) is 0 Å². The highest BCUT2D eigenvalue weighted by atomic mass is 32.2. The normalized spacial score (nSPS) is 14.4. The molecule has 1 unspecified atom stereocenters. The van der Waals surface area contributed by atoms with Gasteiger partial charge in [0.1, 0.15) is 18.1 Å². The number of amides is 1. The van der Waals surface area contributed by atoms with Gasteiger partial charge in [0.05, 0.1) is 18.9 Å². The van der Waals surface area contributed by atoms with Crippen LogP contribution in [0.1, 0.15) is 56.6 Å². The fourth-order valence-electron chi connectivity index (χ4n) is 3.76. The van der Waals surface area contributed by atoms with Gasteiger partial charge in [-0.25, -0.2) is 4.68 Å². The van der Waals surface area contributed by atoms with E-state index in [1.807, 2.05) is 36.4 Å². The molecular weight excluding hydrogens is 462 g/mol. The Labute approximate surface area is 210 Å². The Morgan fingerprint density at radius 3 is 2.37 bits per heavy atom. The molecule has 0 aliphatic heterocycles. The largest absolute Gasteiger partial charge is 0.497 e. The van der Waals surface area contributed by atoms with Gasteiger partial charge in [-0.1, -0.05) is 56.8 Å². The molecule has 0 radical (unpaired) electrons. The number of methoxy groups -OCH3 is 1. The van der Waals surface area contributed by atoms with E-state index in [2.05, 4.69) is 48.4 Å². The standard InChI is InChI=1S/C26H33N5O3S/c1-26(2,3)19-9-13-21(14-10-19)34-15-22-29-30-25(31(22)27)35-16-23(32)28-24(17-5-6-17)18-7-11-20(33-4)12-8-18/h7-14,17,24H,5-6,15-16,27H2,1-4H3,(H,28,32). The summed E-state index contributed by atoms with van der Waals surface area (Å²) in [4.78, 5) is 12.7. The number of benzene rings is 2. The first-order valence-corrected chi connectivity index (χ1v) is 12.7. The maximum atomic E-state index is 12.7. The summed E-state index contributed by atoms with van der Waals surface area (Å²) < 4.78 is 12.4. The monoisotopic (exact) mass is 495 g/mol. The van der Waals surface area contributed by atoms with Gasteiger partial charge < -0.3 is 20.6 Å². The third kappa shape index (κ3) is 6.48. The lowest BCUT2D eigenvalue weighted by Gasteiger charge is -2.19. The Morgan fingerprint density at radius 2 is 1.77 bits per heavy atom.